The Balaban J connectivity index is 2.18. The van der Waals surface area contributed by atoms with Gasteiger partial charge in [0.05, 0.1) is 6.04 Å². The van der Waals surface area contributed by atoms with Gasteiger partial charge in [0, 0.05) is 14.1 Å². The number of aromatic nitrogens is 3. The monoisotopic (exact) mass is 281 g/mol. The lowest BCUT2D eigenvalue weighted by Gasteiger charge is -2.14. The second kappa shape index (κ2) is 5.44. The van der Waals surface area contributed by atoms with Crippen LogP contribution in [-0.4, -0.2) is 29.0 Å². The van der Waals surface area contributed by atoms with E-state index >= 15 is 0 Å². The van der Waals surface area contributed by atoms with Crippen molar-refractivity contribution < 1.29 is 4.42 Å². The summed E-state index contributed by atoms with van der Waals surface area (Å²) in [5, 5.41) is 3.30. The smallest absolute Gasteiger partial charge is 0.230 e. The fourth-order valence-electron chi connectivity index (χ4n) is 1.56. The van der Waals surface area contributed by atoms with Crippen LogP contribution in [0.5, 0.6) is 0 Å². The Bertz CT molecular complexity index is 569. The van der Waals surface area contributed by atoms with Crippen LogP contribution in [0.15, 0.2) is 16.5 Å². The van der Waals surface area contributed by atoms with E-state index < -0.39 is 0 Å². The molecule has 6 nitrogen and oxygen atoms in total. The van der Waals surface area contributed by atoms with Crippen LogP contribution in [-0.2, 0) is 0 Å². The number of nitrogens with one attached hydrogen (secondary N) is 1. The van der Waals surface area contributed by atoms with E-state index in [1.807, 2.05) is 40.1 Å². The summed E-state index contributed by atoms with van der Waals surface area (Å²) < 4.78 is 5.55. The Morgan fingerprint density at radius 1 is 1.26 bits per heavy atom. The van der Waals surface area contributed by atoms with E-state index in [4.69, 9.17) is 16.0 Å². The molecule has 0 saturated carbocycles. The van der Waals surface area contributed by atoms with Crippen molar-refractivity contribution in [2.75, 3.05) is 24.3 Å². The van der Waals surface area contributed by atoms with Crippen molar-refractivity contribution in [2.24, 2.45) is 0 Å². The number of rotatable bonds is 4. The zero-order valence-electron chi connectivity index (χ0n) is 11.3. The standard InChI is InChI=1S/C12H16ClN5O/c1-7-5-6-9(19-7)8(2)14-11-15-10(13)16-12(17-11)18(3)4/h5-6,8H,1-4H3,(H,14,15,16,17). The van der Waals surface area contributed by atoms with E-state index in [1.54, 1.807) is 4.90 Å². The zero-order chi connectivity index (χ0) is 14.0. The maximum atomic E-state index is 5.88. The molecule has 2 heterocycles. The van der Waals surface area contributed by atoms with Gasteiger partial charge in [-0.3, -0.25) is 0 Å². The highest BCUT2D eigenvalue weighted by Gasteiger charge is 2.13. The predicted molar refractivity (Wildman–Crippen MR) is 74.6 cm³/mol. The molecule has 0 saturated heterocycles. The molecular formula is C12H16ClN5O. The van der Waals surface area contributed by atoms with Crippen LogP contribution in [0.1, 0.15) is 24.5 Å². The number of halogens is 1. The van der Waals surface area contributed by atoms with Crippen molar-refractivity contribution in [1.82, 2.24) is 15.0 Å². The summed E-state index contributed by atoms with van der Waals surface area (Å²) in [5.74, 6) is 2.61. The molecular weight excluding hydrogens is 266 g/mol. The van der Waals surface area contributed by atoms with Gasteiger partial charge in [-0.15, -0.1) is 0 Å². The van der Waals surface area contributed by atoms with Gasteiger partial charge in [-0.1, -0.05) is 0 Å². The SMILES string of the molecule is Cc1ccc(C(C)Nc2nc(Cl)nc(N(C)C)n2)o1. The molecule has 0 bridgehead atoms. The summed E-state index contributed by atoms with van der Waals surface area (Å²) >= 11 is 5.88. The van der Waals surface area contributed by atoms with E-state index in [-0.39, 0.29) is 11.3 Å². The number of furan rings is 1. The topological polar surface area (TPSA) is 67.1 Å². The lowest BCUT2D eigenvalue weighted by atomic mass is 10.2. The van der Waals surface area contributed by atoms with Gasteiger partial charge in [-0.2, -0.15) is 15.0 Å². The molecule has 2 rings (SSSR count). The third-order valence-electron chi connectivity index (χ3n) is 2.53. The maximum Gasteiger partial charge on any atom is 0.230 e. The van der Waals surface area contributed by atoms with Gasteiger partial charge >= 0.3 is 0 Å². The summed E-state index contributed by atoms with van der Waals surface area (Å²) in [6, 6.07) is 3.78. The van der Waals surface area contributed by atoms with E-state index in [0.29, 0.717) is 11.9 Å². The van der Waals surface area contributed by atoms with Gasteiger partial charge in [0.1, 0.15) is 11.5 Å². The van der Waals surface area contributed by atoms with Crippen LogP contribution < -0.4 is 10.2 Å². The van der Waals surface area contributed by atoms with Crippen molar-refractivity contribution >= 4 is 23.5 Å². The minimum Gasteiger partial charge on any atom is -0.464 e. The average Bonchev–Trinajstić information content (AvgIpc) is 2.75. The molecule has 0 aliphatic carbocycles. The van der Waals surface area contributed by atoms with Gasteiger partial charge in [-0.05, 0) is 37.6 Å². The number of anilines is 2. The molecule has 0 aliphatic rings. The van der Waals surface area contributed by atoms with Crippen LogP contribution in [0.25, 0.3) is 0 Å². The van der Waals surface area contributed by atoms with Gasteiger partial charge in [0.25, 0.3) is 0 Å². The van der Waals surface area contributed by atoms with Crippen LogP contribution >= 0.6 is 11.6 Å². The maximum absolute atomic E-state index is 5.88. The molecule has 19 heavy (non-hydrogen) atoms. The molecule has 7 heteroatoms. The van der Waals surface area contributed by atoms with Crippen molar-refractivity contribution in [3.8, 4) is 0 Å². The third kappa shape index (κ3) is 3.35. The first-order valence-electron chi connectivity index (χ1n) is 5.87. The summed E-state index contributed by atoms with van der Waals surface area (Å²) in [7, 11) is 3.68. The molecule has 0 aromatic carbocycles. The second-order valence-corrected chi connectivity index (χ2v) is 4.77. The lowest BCUT2D eigenvalue weighted by molar-refractivity contribution is 0.466. The van der Waals surface area contributed by atoms with Gasteiger partial charge < -0.3 is 14.6 Å². The van der Waals surface area contributed by atoms with E-state index in [1.165, 1.54) is 0 Å². The molecule has 2 aromatic rings. The number of hydrogen-bond donors (Lipinski definition) is 1. The normalized spacial score (nSPS) is 12.3. The lowest BCUT2D eigenvalue weighted by Crippen LogP contribution is -2.16. The molecule has 0 amide bonds. The van der Waals surface area contributed by atoms with Crippen molar-refractivity contribution in [3.63, 3.8) is 0 Å². The largest absolute Gasteiger partial charge is 0.464 e. The average molecular weight is 282 g/mol. The molecule has 1 N–H and O–H groups in total. The predicted octanol–water partition coefficient (Wildman–Crippen LogP) is 2.67. The summed E-state index contributed by atoms with van der Waals surface area (Å²) in [6.45, 7) is 3.87. The Labute approximate surface area is 116 Å². The van der Waals surface area contributed by atoms with Crippen LogP contribution in [0.2, 0.25) is 5.28 Å². The fraction of sp³-hybridized carbons (Fsp3) is 0.417. The molecule has 0 spiro atoms. The van der Waals surface area contributed by atoms with Crippen molar-refractivity contribution in [3.05, 3.63) is 28.9 Å². The second-order valence-electron chi connectivity index (χ2n) is 4.44. The van der Waals surface area contributed by atoms with E-state index in [0.717, 1.165) is 11.5 Å². The Kier molecular flexibility index (Phi) is 3.90. The van der Waals surface area contributed by atoms with Crippen LogP contribution in [0, 0.1) is 6.92 Å². The molecule has 0 fully saturated rings. The summed E-state index contributed by atoms with van der Waals surface area (Å²) in [6.07, 6.45) is 0. The highest BCUT2D eigenvalue weighted by atomic mass is 35.5. The van der Waals surface area contributed by atoms with Gasteiger partial charge in [0.15, 0.2) is 0 Å². The molecule has 0 radical (unpaired) electrons. The molecule has 102 valence electrons. The highest BCUT2D eigenvalue weighted by molar-refractivity contribution is 6.28. The minimum absolute atomic E-state index is 0.0535. The van der Waals surface area contributed by atoms with Crippen LogP contribution in [0.4, 0.5) is 11.9 Å². The van der Waals surface area contributed by atoms with Crippen LogP contribution in [0.3, 0.4) is 0 Å². The Morgan fingerprint density at radius 2 is 2.00 bits per heavy atom. The molecule has 0 aliphatic heterocycles. The Hall–Kier alpha value is -1.82. The Morgan fingerprint density at radius 3 is 2.58 bits per heavy atom. The summed E-state index contributed by atoms with van der Waals surface area (Å²) in [4.78, 5) is 14.1. The number of hydrogen-bond acceptors (Lipinski definition) is 6. The molecule has 1 atom stereocenters. The summed E-state index contributed by atoms with van der Waals surface area (Å²) in [5.41, 5.74) is 0. The minimum atomic E-state index is -0.0535. The van der Waals surface area contributed by atoms with Gasteiger partial charge in [-0.25, -0.2) is 0 Å². The van der Waals surface area contributed by atoms with Crippen molar-refractivity contribution in [2.45, 2.75) is 19.9 Å². The first kappa shape index (κ1) is 13.6. The van der Waals surface area contributed by atoms with E-state index in [9.17, 15) is 0 Å². The molecule has 2 aromatic heterocycles. The quantitative estimate of drug-likeness (QED) is 0.929. The fourth-order valence-corrected chi connectivity index (χ4v) is 1.71. The van der Waals surface area contributed by atoms with Crippen molar-refractivity contribution in [1.29, 1.82) is 0 Å². The number of aryl methyl sites for hydroxylation is 1. The molecule has 1 unspecified atom stereocenters. The number of nitrogens with zero attached hydrogens (tertiary/aromatic N) is 4. The zero-order valence-corrected chi connectivity index (χ0v) is 12.1. The first-order valence-corrected chi connectivity index (χ1v) is 6.25. The highest BCUT2D eigenvalue weighted by Crippen LogP contribution is 2.20. The van der Waals surface area contributed by atoms with E-state index in [2.05, 4.69) is 20.3 Å². The van der Waals surface area contributed by atoms with Gasteiger partial charge in [0.2, 0.25) is 17.2 Å². The first-order chi connectivity index (χ1) is 8.95. The third-order valence-corrected chi connectivity index (χ3v) is 2.70.